The minimum atomic E-state index is -0.533. The van der Waals surface area contributed by atoms with Crippen LogP contribution in [0.3, 0.4) is 0 Å². The zero-order chi connectivity index (χ0) is 18.7. The molecule has 3 rings (SSSR count). The van der Waals surface area contributed by atoms with Crippen LogP contribution < -0.4 is 5.32 Å². The maximum Gasteiger partial charge on any atom is 0.410 e. The fourth-order valence-electron chi connectivity index (χ4n) is 3.10. The van der Waals surface area contributed by atoms with Gasteiger partial charge in [-0.2, -0.15) is 0 Å². The molecule has 1 unspecified atom stereocenters. The third-order valence-electron chi connectivity index (χ3n) is 4.33. The van der Waals surface area contributed by atoms with Crippen molar-refractivity contribution in [1.82, 2.24) is 10.2 Å². The Labute approximate surface area is 153 Å². The van der Waals surface area contributed by atoms with Gasteiger partial charge in [-0.1, -0.05) is 30.3 Å². The van der Waals surface area contributed by atoms with Gasteiger partial charge < -0.3 is 19.5 Å². The van der Waals surface area contributed by atoms with Gasteiger partial charge in [0.15, 0.2) is 0 Å². The highest BCUT2D eigenvalue weighted by molar-refractivity contribution is 5.70. The molecule has 2 amide bonds. The van der Waals surface area contributed by atoms with Gasteiger partial charge >= 0.3 is 12.2 Å². The van der Waals surface area contributed by atoms with Gasteiger partial charge in [-0.3, -0.25) is 4.90 Å². The molecule has 1 aromatic carbocycles. The summed E-state index contributed by atoms with van der Waals surface area (Å²) in [6.07, 6.45) is -0.0583. The van der Waals surface area contributed by atoms with Crippen LogP contribution in [0.15, 0.2) is 30.3 Å². The minimum Gasteiger partial charge on any atom is -0.445 e. The lowest BCUT2D eigenvalue weighted by Gasteiger charge is -2.30. The molecule has 0 aromatic heterocycles. The highest BCUT2D eigenvalue weighted by atomic mass is 16.6. The number of alkyl carbamates (subject to hydrolysis) is 1. The van der Waals surface area contributed by atoms with E-state index in [1.807, 2.05) is 51.1 Å². The first kappa shape index (κ1) is 18.5. The van der Waals surface area contributed by atoms with Crippen molar-refractivity contribution in [3.63, 3.8) is 0 Å². The van der Waals surface area contributed by atoms with E-state index in [1.165, 1.54) is 0 Å². The number of amides is 2. The van der Waals surface area contributed by atoms with Gasteiger partial charge in [0.05, 0.1) is 12.6 Å². The summed E-state index contributed by atoms with van der Waals surface area (Å²) in [6, 6.07) is 9.42. The van der Waals surface area contributed by atoms with Crippen LogP contribution in [0, 0.1) is 0 Å². The van der Waals surface area contributed by atoms with E-state index in [0.29, 0.717) is 19.5 Å². The first-order valence-corrected chi connectivity index (χ1v) is 8.93. The van der Waals surface area contributed by atoms with Crippen LogP contribution in [0.25, 0.3) is 0 Å². The summed E-state index contributed by atoms with van der Waals surface area (Å²) in [4.78, 5) is 25.9. The average molecular weight is 362 g/mol. The monoisotopic (exact) mass is 362 g/mol. The van der Waals surface area contributed by atoms with Gasteiger partial charge in [0.2, 0.25) is 0 Å². The van der Waals surface area contributed by atoms with E-state index in [1.54, 1.807) is 4.90 Å². The Hall–Kier alpha value is -2.28. The van der Waals surface area contributed by atoms with Gasteiger partial charge in [0.1, 0.15) is 24.4 Å². The van der Waals surface area contributed by atoms with Gasteiger partial charge in [-0.05, 0) is 32.8 Å². The highest BCUT2D eigenvalue weighted by Crippen LogP contribution is 2.38. The standard InChI is InChI=1S/C19H26N2O5/c1-19(2,3)26-18(23)21-11-15-16(25-15)14(21)9-10-20-17(22)24-12-13-7-5-4-6-8-13/h4-8,14-16H,9-12H2,1-3H3,(H,20,22)/t14-,15?,16-/m1/s1. The Bertz CT molecular complexity index is 643. The predicted octanol–water partition coefficient (Wildman–Crippen LogP) is 2.69. The molecule has 2 heterocycles. The summed E-state index contributed by atoms with van der Waals surface area (Å²) in [5.41, 5.74) is 0.401. The molecule has 2 saturated heterocycles. The minimum absolute atomic E-state index is 0.0460. The Morgan fingerprint density at radius 2 is 2.00 bits per heavy atom. The molecule has 2 aliphatic heterocycles. The number of carbonyl (C=O) groups excluding carboxylic acids is 2. The molecule has 0 saturated carbocycles. The molecule has 142 valence electrons. The van der Waals surface area contributed by atoms with Gasteiger partial charge in [0, 0.05) is 6.54 Å². The third-order valence-corrected chi connectivity index (χ3v) is 4.33. The molecule has 3 atom stereocenters. The first-order chi connectivity index (χ1) is 12.3. The molecule has 0 aliphatic carbocycles. The molecular formula is C19H26N2O5. The van der Waals surface area contributed by atoms with Crippen LogP contribution in [-0.2, 0) is 20.8 Å². The van der Waals surface area contributed by atoms with Crippen molar-refractivity contribution in [2.45, 2.75) is 57.6 Å². The van der Waals surface area contributed by atoms with Crippen LogP contribution in [0.2, 0.25) is 0 Å². The van der Waals surface area contributed by atoms with E-state index in [0.717, 1.165) is 5.56 Å². The van der Waals surface area contributed by atoms with Crippen molar-refractivity contribution in [3.05, 3.63) is 35.9 Å². The number of likely N-dealkylation sites (tertiary alicyclic amines) is 1. The van der Waals surface area contributed by atoms with Crippen LogP contribution in [0.4, 0.5) is 9.59 Å². The van der Waals surface area contributed by atoms with Crippen molar-refractivity contribution in [2.24, 2.45) is 0 Å². The smallest absolute Gasteiger partial charge is 0.410 e. The molecule has 7 nitrogen and oxygen atoms in total. The highest BCUT2D eigenvalue weighted by Gasteiger charge is 2.56. The molecule has 1 N–H and O–H groups in total. The number of nitrogens with zero attached hydrogens (tertiary/aromatic N) is 1. The van der Waals surface area contributed by atoms with E-state index >= 15 is 0 Å². The lowest BCUT2D eigenvalue weighted by Crippen LogP contribution is -2.44. The molecule has 2 fully saturated rings. The number of fused-ring (bicyclic) bond motifs is 1. The van der Waals surface area contributed by atoms with E-state index in [2.05, 4.69) is 5.32 Å². The molecular weight excluding hydrogens is 336 g/mol. The molecule has 7 heteroatoms. The summed E-state index contributed by atoms with van der Waals surface area (Å²) >= 11 is 0. The van der Waals surface area contributed by atoms with Gasteiger partial charge in [-0.15, -0.1) is 0 Å². The second kappa shape index (κ2) is 7.53. The maximum absolute atomic E-state index is 12.3. The van der Waals surface area contributed by atoms with Crippen molar-refractivity contribution in [2.75, 3.05) is 13.1 Å². The molecule has 0 spiro atoms. The molecule has 0 bridgehead atoms. The normalized spacial score (nSPS) is 24.0. The van der Waals surface area contributed by atoms with Gasteiger partial charge in [0.25, 0.3) is 0 Å². The fourth-order valence-corrected chi connectivity index (χ4v) is 3.10. The second-order valence-electron chi connectivity index (χ2n) is 7.62. The number of ether oxygens (including phenoxy) is 3. The molecule has 0 radical (unpaired) electrons. The average Bonchev–Trinajstić information content (AvgIpc) is 3.26. The van der Waals surface area contributed by atoms with Crippen LogP contribution in [0.1, 0.15) is 32.8 Å². The number of hydrogen-bond acceptors (Lipinski definition) is 5. The predicted molar refractivity (Wildman–Crippen MR) is 94.6 cm³/mol. The van der Waals surface area contributed by atoms with Crippen LogP contribution in [-0.4, -0.2) is 54.0 Å². The molecule has 1 aromatic rings. The third kappa shape index (κ3) is 4.88. The summed E-state index contributed by atoms with van der Waals surface area (Å²) < 4.78 is 16.2. The number of carbonyl (C=O) groups is 2. The van der Waals surface area contributed by atoms with E-state index in [9.17, 15) is 9.59 Å². The largest absolute Gasteiger partial charge is 0.445 e. The SMILES string of the molecule is CC(C)(C)OC(=O)N1CC2O[C@@H]2[C@H]1CCNC(=O)OCc1ccccc1. The van der Waals surface area contributed by atoms with E-state index in [-0.39, 0.29) is 30.9 Å². The first-order valence-electron chi connectivity index (χ1n) is 8.93. The molecule has 2 aliphatic rings. The quantitative estimate of drug-likeness (QED) is 0.815. The zero-order valence-electron chi connectivity index (χ0n) is 15.4. The zero-order valence-corrected chi connectivity index (χ0v) is 15.4. The Morgan fingerprint density at radius 1 is 1.27 bits per heavy atom. The molecule has 26 heavy (non-hydrogen) atoms. The van der Waals surface area contributed by atoms with Crippen LogP contribution >= 0.6 is 0 Å². The number of hydrogen-bond donors (Lipinski definition) is 1. The number of nitrogens with one attached hydrogen (secondary N) is 1. The summed E-state index contributed by atoms with van der Waals surface area (Å²) in [7, 11) is 0. The number of benzene rings is 1. The topological polar surface area (TPSA) is 80.4 Å². The number of rotatable bonds is 5. The van der Waals surface area contributed by atoms with Crippen molar-refractivity contribution in [1.29, 1.82) is 0 Å². The summed E-state index contributed by atoms with van der Waals surface area (Å²) in [5, 5.41) is 2.73. The van der Waals surface area contributed by atoms with E-state index < -0.39 is 11.7 Å². The van der Waals surface area contributed by atoms with Crippen molar-refractivity contribution >= 4 is 12.2 Å². The second-order valence-corrected chi connectivity index (χ2v) is 7.62. The Balaban J connectivity index is 1.41. The van der Waals surface area contributed by atoms with Crippen molar-refractivity contribution < 1.29 is 23.8 Å². The lowest BCUT2D eigenvalue weighted by molar-refractivity contribution is 0.0115. The van der Waals surface area contributed by atoms with Crippen LogP contribution in [0.5, 0.6) is 0 Å². The summed E-state index contributed by atoms with van der Waals surface area (Å²) in [6.45, 7) is 6.72. The van der Waals surface area contributed by atoms with Crippen molar-refractivity contribution in [3.8, 4) is 0 Å². The number of morpholine rings is 1. The maximum atomic E-state index is 12.3. The Kier molecular flexibility index (Phi) is 5.36. The number of epoxide rings is 1. The Morgan fingerprint density at radius 3 is 2.69 bits per heavy atom. The van der Waals surface area contributed by atoms with Gasteiger partial charge in [-0.25, -0.2) is 9.59 Å². The summed E-state index contributed by atoms with van der Waals surface area (Å²) in [5.74, 6) is 0. The fraction of sp³-hybridized carbons (Fsp3) is 0.579. The van der Waals surface area contributed by atoms with E-state index in [4.69, 9.17) is 14.2 Å². The lowest BCUT2D eigenvalue weighted by atomic mass is 10.1.